The van der Waals surface area contributed by atoms with Gasteiger partial charge in [0.15, 0.2) is 0 Å². The zero-order valence-corrected chi connectivity index (χ0v) is 9.13. The molecular weight excluding hydrogens is 160 g/mol. The predicted octanol–water partition coefficient (Wildman–Crippen LogP) is 1.85. The van der Waals surface area contributed by atoms with Crippen LogP contribution in [0.15, 0.2) is 0 Å². The first-order valence-electron chi connectivity index (χ1n) is 5.66. The maximum atomic E-state index is 5.56. The molecule has 1 aliphatic carbocycles. The van der Waals surface area contributed by atoms with Gasteiger partial charge in [-0.1, -0.05) is 19.3 Å². The molecule has 1 saturated carbocycles. The third kappa shape index (κ3) is 3.28. The lowest BCUT2D eigenvalue weighted by molar-refractivity contribution is 0.161. The molecule has 0 radical (unpaired) electrons. The molecule has 0 aromatic carbocycles. The normalized spacial score (nSPS) is 22.2. The van der Waals surface area contributed by atoms with E-state index in [0.717, 1.165) is 25.0 Å². The lowest BCUT2D eigenvalue weighted by atomic mass is 9.84. The van der Waals surface area contributed by atoms with Gasteiger partial charge in [0.05, 0.1) is 0 Å². The van der Waals surface area contributed by atoms with Crippen molar-refractivity contribution in [2.24, 2.45) is 11.7 Å². The number of nitrogens with two attached hydrogens (primary N) is 1. The molecule has 0 aromatic heterocycles. The second-order valence-electron chi connectivity index (χ2n) is 4.41. The van der Waals surface area contributed by atoms with E-state index in [1.165, 1.54) is 32.1 Å². The molecule has 0 heterocycles. The Morgan fingerprint density at radius 1 is 1.31 bits per heavy atom. The van der Waals surface area contributed by atoms with Crippen molar-refractivity contribution in [1.29, 1.82) is 0 Å². The van der Waals surface area contributed by atoms with Crippen molar-refractivity contribution < 1.29 is 0 Å². The lowest BCUT2D eigenvalue weighted by Gasteiger charge is -2.34. The van der Waals surface area contributed by atoms with Crippen LogP contribution in [0.5, 0.6) is 0 Å². The number of hydrogen-bond acceptors (Lipinski definition) is 2. The highest BCUT2D eigenvalue weighted by Gasteiger charge is 2.22. The van der Waals surface area contributed by atoms with E-state index in [0.29, 0.717) is 0 Å². The fraction of sp³-hybridized carbons (Fsp3) is 1.00. The Balaban J connectivity index is 2.31. The van der Waals surface area contributed by atoms with Gasteiger partial charge in [-0.15, -0.1) is 0 Å². The van der Waals surface area contributed by atoms with Crippen molar-refractivity contribution in [2.75, 3.05) is 20.1 Å². The lowest BCUT2D eigenvalue weighted by Crippen LogP contribution is -2.39. The first-order valence-corrected chi connectivity index (χ1v) is 5.66. The standard InChI is InChI=1S/C11H24N2/c1-10(13(2)9-8-12)11-6-4-3-5-7-11/h10-11H,3-9,12H2,1-2H3. The quantitative estimate of drug-likeness (QED) is 0.722. The van der Waals surface area contributed by atoms with E-state index in [4.69, 9.17) is 5.73 Å². The van der Waals surface area contributed by atoms with E-state index >= 15 is 0 Å². The molecule has 0 aliphatic heterocycles. The topological polar surface area (TPSA) is 29.3 Å². The molecule has 1 unspecified atom stereocenters. The number of likely N-dealkylation sites (N-methyl/N-ethyl adjacent to an activating group) is 1. The highest BCUT2D eigenvalue weighted by atomic mass is 15.1. The summed E-state index contributed by atoms with van der Waals surface area (Å²) in [5.41, 5.74) is 5.56. The molecule has 0 spiro atoms. The molecule has 0 bridgehead atoms. The first kappa shape index (κ1) is 11.0. The fourth-order valence-electron chi connectivity index (χ4n) is 2.38. The van der Waals surface area contributed by atoms with Gasteiger partial charge < -0.3 is 10.6 Å². The third-order valence-corrected chi connectivity index (χ3v) is 3.51. The highest BCUT2D eigenvalue weighted by molar-refractivity contribution is 4.76. The summed E-state index contributed by atoms with van der Waals surface area (Å²) in [6.07, 6.45) is 7.17. The number of nitrogens with zero attached hydrogens (tertiary/aromatic N) is 1. The zero-order chi connectivity index (χ0) is 9.68. The molecule has 2 N–H and O–H groups in total. The summed E-state index contributed by atoms with van der Waals surface area (Å²) < 4.78 is 0. The first-order chi connectivity index (χ1) is 6.25. The van der Waals surface area contributed by atoms with Crippen LogP contribution in [-0.2, 0) is 0 Å². The molecule has 1 fully saturated rings. The minimum Gasteiger partial charge on any atom is -0.329 e. The summed E-state index contributed by atoms with van der Waals surface area (Å²) in [4.78, 5) is 2.41. The van der Waals surface area contributed by atoms with E-state index in [1.54, 1.807) is 0 Å². The van der Waals surface area contributed by atoms with Crippen LogP contribution < -0.4 is 5.73 Å². The highest BCUT2D eigenvalue weighted by Crippen LogP contribution is 2.28. The Kier molecular flexibility index (Phi) is 4.74. The molecule has 1 aliphatic rings. The fourth-order valence-corrected chi connectivity index (χ4v) is 2.38. The minimum atomic E-state index is 0.726. The van der Waals surface area contributed by atoms with Gasteiger partial charge in [0, 0.05) is 19.1 Å². The van der Waals surface area contributed by atoms with Gasteiger partial charge in [0.1, 0.15) is 0 Å². The number of hydrogen-bond donors (Lipinski definition) is 1. The van der Waals surface area contributed by atoms with Gasteiger partial charge in [-0.2, -0.15) is 0 Å². The van der Waals surface area contributed by atoms with Gasteiger partial charge in [-0.25, -0.2) is 0 Å². The molecular formula is C11H24N2. The van der Waals surface area contributed by atoms with Crippen LogP contribution in [0, 0.1) is 5.92 Å². The maximum Gasteiger partial charge on any atom is 0.0104 e. The third-order valence-electron chi connectivity index (χ3n) is 3.51. The second-order valence-corrected chi connectivity index (χ2v) is 4.41. The minimum absolute atomic E-state index is 0.726. The Morgan fingerprint density at radius 2 is 1.92 bits per heavy atom. The Morgan fingerprint density at radius 3 is 2.46 bits per heavy atom. The van der Waals surface area contributed by atoms with Crippen LogP contribution in [0.1, 0.15) is 39.0 Å². The molecule has 0 aromatic rings. The van der Waals surface area contributed by atoms with Crippen LogP contribution in [0.2, 0.25) is 0 Å². The van der Waals surface area contributed by atoms with Gasteiger partial charge in [-0.05, 0) is 32.7 Å². The largest absolute Gasteiger partial charge is 0.329 e. The smallest absolute Gasteiger partial charge is 0.0104 e. The summed E-state index contributed by atoms with van der Waals surface area (Å²) >= 11 is 0. The van der Waals surface area contributed by atoms with Crippen molar-refractivity contribution >= 4 is 0 Å². The van der Waals surface area contributed by atoms with Crippen LogP contribution in [0.4, 0.5) is 0 Å². The van der Waals surface area contributed by atoms with E-state index in [1.807, 2.05) is 0 Å². The van der Waals surface area contributed by atoms with Gasteiger partial charge in [0.2, 0.25) is 0 Å². The SMILES string of the molecule is CC(C1CCCCC1)N(C)CCN. The van der Waals surface area contributed by atoms with Crippen LogP contribution in [-0.4, -0.2) is 31.1 Å². The molecule has 0 saturated heterocycles. The number of rotatable bonds is 4. The van der Waals surface area contributed by atoms with Crippen molar-refractivity contribution in [1.82, 2.24) is 4.90 Å². The molecule has 2 nitrogen and oxygen atoms in total. The Labute approximate surface area is 82.5 Å². The summed E-state index contributed by atoms with van der Waals surface area (Å²) in [5.74, 6) is 0.922. The summed E-state index contributed by atoms with van der Waals surface area (Å²) in [6, 6.07) is 0.726. The molecule has 2 heteroatoms. The van der Waals surface area contributed by atoms with E-state index in [2.05, 4.69) is 18.9 Å². The second kappa shape index (κ2) is 5.61. The van der Waals surface area contributed by atoms with Gasteiger partial charge in [0.25, 0.3) is 0 Å². The average Bonchev–Trinajstić information content (AvgIpc) is 2.18. The molecule has 1 atom stereocenters. The monoisotopic (exact) mass is 184 g/mol. The van der Waals surface area contributed by atoms with Crippen LogP contribution >= 0.6 is 0 Å². The summed E-state index contributed by atoms with van der Waals surface area (Å²) in [5, 5.41) is 0. The van der Waals surface area contributed by atoms with Crippen molar-refractivity contribution in [2.45, 2.75) is 45.1 Å². The van der Waals surface area contributed by atoms with Crippen LogP contribution in [0.25, 0.3) is 0 Å². The maximum absolute atomic E-state index is 5.56. The van der Waals surface area contributed by atoms with Crippen molar-refractivity contribution in [3.63, 3.8) is 0 Å². The van der Waals surface area contributed by atoms with Crippen LogP contribution in [0.3, 0.4) is 0 Å². The summed E-state index contributed by atoms with van der Waals surface area (Å²) in [7, 11) is 2.20. The van der Waals surface area contributed by atoms with Crippen molar-refractivity contribution in [3.05, 3.63) is 0 Å². The Bertz CT molecular complexity index is 130. The van der Waals surface area contributed by atoms with E-state index in [-0.39, 0.29) is 0 Å². The molecule has 78 valence electrons. The Hall–Kier alpha value is -0.0800. The average molecular weight is 184 g/mol. The van der Waals surface area contributed by atoms with Crippen molar-refractivity contribution in [3.8, 4) is 0 Å². The molecule has 1 rings (SSSR count). The van der Waals surface area contributed by atoms with E-state index in [9.17, 15) is 0 Å². The van der Waals surface area contributed by atoms with Gasteiger partial charge in [-0.3, -0.25) is 0 Å². The zero-order valence-electron chi connectivity index (χ0n) is 9.13. The molecule has 13 heavy (non-hydrogen) atoms. The predicted molar refractivity (Wildman–Crippen MR) is 57.7 cm³/mol. The van der Waals surface area contributed by atoms with Gasteiger partial charge >= 0.3 is 0 Å². The van der Waals surface area contributed by atoms with E-state index < -0.39 is 0 Å². The summed E-state index contributed by atoms with van der Waals surface area (Å²) in [6.45, 7) is 4.18. The molecule has 0 amide bonds.